The number of carbonyl (C=O) groups is 1. The van der Waals surface area contributed by atoms with Crippen molar-refractivity contribution >= 4 is 5.97 Å². The first-order valence-electron chi connectivity index (χ1n) is 4.80. The molecule has 1 aliphatic heterocycles. The summed E-state index contributed by atoms with van der Waals surface area (Å²) in [5, 5.41) is 8.78. The van der Waals surface area contributed by atoms with E-state index in [4.69, 9.17) is 5.11 Å². The Labute approximate surface area is 79.0 Å². The highest BCUT2D eigenvalue weighted by molar-refractivity contribution is 5.70. The molecule has 1 fully saturated rings. The van der Waals surface area contributed by atoms with Crippen LogP contribution in [-0.4, -0.2) is 29.1 Å². The van der Waals surface area contributed by atoms with Gasteiger partial charge in [0.1, 0.15) is 0 Å². The third-order valence-electron chi connectivity index (χ3n) is 2.70. The fourth-order valence-electron chi connectivity index (χ4n) is 1.67. The molecular formula is C10H17NO2. The zero-order valence-electron chi connectivity index (χ0n) is 8.12. The number of hydrogen-bond donors (Lipinski definition) is 1. The van der Waals surface area contributed by atoms with Crippen molar-refractivity contribution in [2.24, 2.45) is 5.92 Å². The molecule has 1 rings (SSSR count). The summed E-state index contributed by atoms with van der Waals surface area (Å²) in [6.07, 6.45) is 2.47. The number of rotatable bonds is 3. The molecule has 0 radical (unpaired) electrons. The molecule has 0 aromatic rings. The highest BCUT2D eigenvalue weighted by Crippen LogP contribution is 2.20. The number of allylic oxidation sites excluding steroid dienone is 1. The molecule has 1 saturated heterocycles. The lowest BCUT2D eigenvalue weighted by Crippen LogP contribution is -2.35. The van der Waals surface area contributed by atoms with Crippen LogP contribution in [0.15, 0.2) is 12.3 Å². The second-order valence-electron chi connectivity index (χ2n) is 3.52. The van der Waals surface area contributed by atoms with Crippen molar-refractivity contribution in [1.29, 1.82) is 0 Å². The van der Waals surface area contributed by atoms with Crippen LogP contribution in [0.25, 0.3) is 0 Å². The minimum Gasteiger partial charge on any atom is -0.481 e. The molecule has 0 bridgehead atoms. The monoisotopic (exact) mass is 183 g/mol. The summed E-state index contributed by atoms with van der Waals surface area (Å²) in [7, 11) is 0. The molecule has 1 aliphatic rings. The van der Waals surface area contributed by atoms with Gasteiger partial charge in [-0.2, -0.15) is 0 Å². The van der Waals surface area contributed by atoms with Crippen molar-refractivity contribution < 1.29 is 9.90 Å². The van der Waals surface area contributed by atoms with E-state index in [1.807, 2.05) is 0 Å². The van der Waals surface area contributed by atoms with Crippen LogP contribution in [-0.2, 0) is 4.79 Å². The fraction of sp³-hybridized carbons (Fsp3) is 0.700. The van der Waals surface area contributed by atoms with E-state index in [1.54, 1.807) is 0 Å². The van der Waals surface area contributed by atoms with Gasteiger partial charge in [-0.1, -0.05) is 13.5 Å². The summed E-state index contributed by atoms with van der Waals surface area (Å²) in [5.74, 6) is -0.789. The number of carboxylic acid groups (broad SMARTS) is 1. The molecule has 3 nitrogen and oxygen atoms in total. The smallest absolute Gasteiger partial charge is 0.306 e. The van der Waals surface area contributed by atoms with Crippen molar-refractivity contribution in [2.45, 2.75) is 26.2 Å². The Hall–Kier alpha value is -0.990. The molecule has 0 aromatic heterocycles. The number of piperidine rings is 1. The first-order chi connectivity index (χ1) is 6.15. The lowest BCUT2D eigenvalue weighted by atomic mass is 9.97. The Balaban J connectivity index is 2.39. The highest BCUT2D eigenvalue weighted by Gasteiger charge is 2.24. The van der Waals surface area contributed by atoms with Gasteiger partial charge in [-0.25, -0.2) is 0 Å². The lowest BCUT2D eigenvalue weighted by Gasteiger charge is -2.32. The standard InChI is InChI=1S/C10H17NO2/c1-3-8(2)11-6-4-9(5-7-11)10(12)13/h9H,2-7H2,1H3,(H,12,13). The molecule has 0 aliphatic carbocycles. The van der Waals surface area contributed by atoms with Gasteiger partial charge in [-0.15, -0.1) is 0 Å². The largest absolute Gasteiger partial charge is 0.481 e. The van der Waals surface area contributed by atoms with Gasteiger partial charge in [0.25, 0.3) is 0 Å². The number of nitrogens with zero attached hydrogens (tertiary/aromatic N) is 1. The third kappa shape index (κ3) is 2.47. The van der Waals surface area contributed by atoms with Crippen molar-refractivity contribution in [2.75, 3.05) is 13.1 Å². The average Bonchev–Trinajstić information content (AvgIpc) is 2.17. The van der Waals surface area contributed by atoms with E-state index >= 15 is 0 Å². The average molecular weight is 183 g/mol. The maximum atomic E-state index is 10.7. The molecule has 0 saturated carbocycles. The Morgan fingerprint density at radius 1 is 1.54 bits per heavy atom. The molecule has 1 heterocycles. The summed E-state index contributed by atoms with van der Waals surface area (Å²) in [6, 6.07) is 0. The van der Waals surface area contributed by atoms with E-state index in [1.165, 1.54) is 0 Å². The number of aliphatic carboxylic acids is 1. The molecular weight excluding hydrogens is 166 g/mol. The molecule has 0 aromatic carbocycles. The maximum Gasteiger partial charge on any atom is 0.306 e. The van der Waals surface area contributed by atoms with Gasteiger partial charge in [0, 0.05) is 18.8 Å². The van der Waals surface area contributed by atoms with Crippen LogP contribution in [0.4, 0.5) is 0 Å². The zero-order chi connectivity index (χ0) is 9.84. The maximum absolute atomic E-state index is 10.7. The lowest BCUT2D eigenvalue weighted by molar-refractivity contribution is -0.143. The Morgan fingerprint density at radius 3 is 2.46 bits per heavy atom. The van der Waals surface area contributed by atoms with Gasteiger partial charge in [-0.3, -0.25) is 4.79 Å². The van der Waals surface area contributed by atoms with Crippen molar-refractivity contribution in [3.05, 3.63) is 12.3 Å². The quantitative estimate of drug-likeness (QED) is 0.724. The summed E-state index contributed by atoms with van der Waals surface area (Å²) >= 11 is 0. The van der Waals surface area contributed by atoms with E-state index in [2.05, 4.69) is 18.4 Å². The molecule has 0 unspecified atom stereocenters. The number of likely N-dealkylation sites (tertiary alicyclic amines) is 1. The molecule has 0 spiro atoms. The van der Waals surface area contributed by atoms with Gasteiger partial charge in [0.15, 0.2) is 0 Å². The van der Waals surface area contributed by atoms with Crippen LogP contribution in [0, 0.1) is 5.92 Å². The van der Waals surface area contributed by atoms with Crippen LogP contribution >= 0.6 is 0 Å². The second kappa shape index (κ2) is 4.30. The normalized spacial score (nSPS) is 18.7. The first kappa shape index (κ1) is 10.1. The van der Waals surface area contributed by atoms with E-state index in [9.17, 15) is 4.79 Å². The van der Waals surface area contributed by atoms with Crippen LogP contribution < -0.4 is 0 Å². The van der Waals surface area contributed by atoms with Crippen LogP contribution in [0.2, 0.25) is 0 Å². The summed E-state index contributed by atoms with van der Waals surface area (Å²) in [6.45, 7) is 7.72. The Morgan fingerprint density at radius 2 is 2.08 bits per heavy atom. The molecule has 0 atom stereocenters. The van der Waals surface area contributed by atoms with Gasteiger partial charge < -0.3 is 10.0 Å². The minimum atomic E-state index is -0.651. The van der Waals surface area contributed by atoms with Crippen molar-refractivity contribution in [3.63, 3.8) is 0 Å². The first-order valence-corrected chi connectivity index (χ1v) is 4.80. The van der Waals surface area contributed by atoms with E-state index in [-0.39, 0.29) is 5.92 Å². The minimum absolute atomic E-state index is 0.138. The Kier molecular flexibility index (Phi) is 3.34. The van der Waals surface area contributed by atoms with E-state index in [0.29, 0.717) is 0 Å². The molecule has 74 valence electrons. The predicted molar refractivity (Wildman–Crippen MR) is 51.4 cm³/mol. The third-order valence-corrected chi connectivity index (χ3v) is 2.70. The fourth-order valence-corrected chi connectivity index (χ4v) is 1.67. The van der Waals surface area contributed by atoms with Crippen LogP contribution in [0.5, 0.6) is 0 Å². The highest BCUT2D eigenvalue weighted by atomic mass is 16.4. The molecule has 1 N–H and O–H groups in total. The van der Waals surface area contributed by atoms with Gasteiger partial charge >= 0.3 is 5.97 Å². The van der Waals surface area contributed by atoms with Gasteiger partial charge in [0.2, 0.25) is 0 Å². The molecule has 13 heavy (non-hydrogen) atoms. The van der Waals surface area contributed by atoms with Crippen molar-refractivity contribution in [1.82, 2.24) is 4.90 Å². The molecule has 0 amide bonds. The second-order valence-corrected chi connectivity index (χ2v) is 3.52. The number of carboxylic acids is 1. The predicted octanol–water partition coefficient (Wildman–Crippen LogP) is 1.71. The molecule has 3 heteroatoms. The zero-order valence-corrected chi connectivity index (χ0v) is 8.12. The summed E-state index contributed by atoms with van der Waals surface area (Å²) in [4.78, 5) is 12.9. The topological polar surface area (TPSA) is 40.5 Å². The summed E-state index contributed by atoms with van der Waals surface area (Å²) < 4.78 is 0. The van der Waals surface area contributed by atoms with Gasteiger partial charge in [0.05, 0.1) is 5.92 Å². The van der Waals surface area contributed by atoms with Crippen molar-refractivity contribution in [3.8, 4) is 0 Å². The van der Waals surface area contributed by atoms with E-state index < -0.39 is 5.97 Å². The summed E-state index contributed by atoms with van der Waals surface area (Å²) in [5.41, 5.74) is 1.13. The van der Waals surface area contributed by atoms with E-state index in [0.717, 1.165) is 38.0 Å². The SMILES string of the molecule is C=C(CC)N1CCC(C(=O)O)CC1. The Bertz CT molecular complexity index is 205. The van der Waals surface area contributed by atoms with Crippen LogP contribution in [0.1, 0.15) is 26.2 Å². The van der Waals surface area contributed by atoms with Crippen LogP contribution in [0.3, 0.4) is 0 Å². The van der Waals surface area contributed by atoms with Gasteiger partial charge in [-0.05, 0) is 19.3 Å². The number of hydrogen-bond acceptors (Lipinski definition) is 2.